The van der Waals surface area contributed by atoms with Crippen LogP contribution in [-0.4, -0.2) is 49.4 Å². The molecule has 1 heterocycles. The molecule has 4 rings (SSSR count). The van der Waals surface area contributed by atoms with Gasteiger partial charge in [0.25, 0.3) is 11.8 Å². The van der Waals surface area contributed by atoms with Gasteiger partial charge in [-0.25, -0.2) is 18.3 Å². The fourth-order valence-corrected chi connectivity index (χ4v) is 5.71. The third kappa shape index (κ3) is 4.55. The fraction of sp³-hybridized carbons (Fsp3) is 0.200. The van der Waals surface area contributed by atoms with Crippen LogP contribution in [0.15, 0.2) is 71.6 Å². The van der Waals surface area contributed by atoms with E-state index in [4.69, 9.17) is 4.74 Å². The summed E-state index contributed by atoms with van der Waals surface area (Å²) in [6.07, 6.45) is 0. The number of ether oxygens (including phenoxy) is 1. The van der Waals surface area contributed by atoms with Crippen LogP contribution in [0.2, 0.25) is 0 Å². The van der Waals surface area contributed by atoms with Crippen molar-refractivity contribution in [2.75, 3.05) is 18.6 Å². The van der Waals surface area contributed by atoms with Gasteiger partial charge in [-0.3, -0.25) is 14.8 Å². The van der Waals surface area contributed by atoms with Crippen LogP contribution in [0.1, 0.15) is 21.5 Å². The molecule has 0 fully saturated rings. The largest absolute Gasteiger partial charge is 0.497 e. The third-order valence-corrected chi connectivity index (χ3v) is 8.00. The molecule has 9 nitrogen and oxygen atoms in total. The summed E-state index contributed by atoms with van der Waals surface area (Å²) >= 11 is 0. The smallest absolute Gasteiger partial charge is 0.263 e. The number of nitrogens with one attached hydrogen (secondary N) is 1. The van der Waals surface area contributed by atoms with E-state index in [2.05, 4.69) is 0 Å². The molecular formula is C25H24FN3O6S. The van der Waals surface area contributed by atoms with Gasteiger partial charge in [-0.05, 0) is 60.5 Å². The summed E-state index contributed by atoms with van der Waals surface area (Å²) in [6.45, 7) is 0.784. The lowest BCUT2D eigenvalue weighted by molar-refractivity contribution is -0.133. The molecule has 2 amide bonds. The van der Waals surface area contributed by atoms with E-state index in [0.717, 1.165) is 4.31 Å². The van der Waals surface area contributed by atoms with E-state index in [1.807, 2.05) is 0 Å². The van der Waals surface area contributed by atoms with Gasteiger partial charge in [0.05, 0.1) is 18.6 Å². The molecule has 0 bridgehead atoms. The Hall–Kier alpha value is -3.80. The Morgan fingerprint density at radius 1 is 1.06 bits per heavy atom. The number of methoxy groups -OCH3 is 1. The Morgan fingerprint density at radius 3 is 2.42 bits per heavy atom. The van der Waals surface area contributed by atoms with E-state index in [9.17, 15) is 27.6 Å². The first-order valence-corrected chi connectivity index (χ1v) is 12.4. The number of carbonyl (C=O) groups excluding carboxylic acids is 2. The van der Waals surface area contributed by atoms with Crippen molar-refractivity contribution in [1.82, 2.24) is 9.79 Å². The molecule has 1 atom stereocenters. The molecule has 0 saturated heterocycles. The molecule has 0 aliphatic carbocycles. The second kappa shape index (κ2) is 10.1. The molecular weight excluding hydrogens is 489 g/mol. The Bertz CT molecular complexity index is 1410. The Labute approximate surface area is 207 Å². The van der Waals surface area contributed by atoms with Gasteiger partial charge in [0.15, 0.2) is 0 Å². The maximum Gasteiger partial charge on any atom is 0.263 e. The first kappa shape index (κ1) is 25.3. The number of benzene rings is 3. The highest BCUT2D eigenvalue weighted by Crippen LogP contribution is 2.33. The first-order valence-electron chi connectivity index (χ1n) is 10.9. The van der Waals surface area contributed by atoms with Crippen molar-refractivity contribution < 1.29 is 32.3 Å². The molecule has 11 heteroatoms. The standard InChI is InChI=1S/C25H24FN3O6S/c1-16-20(7-5-8-21(16)26)25(31)28-15-23(24(30)27-32)29(14-17-6-3-4-9-22(17)28)36(33,34)19-12-10-18(35-2)11-13-19/h3-13,23,32H,14-15H2,1-2H3,(H,27,30). The minimum absolute atomic E-state index is 0.0689. The Morgan fingerprint density at radius 2 is 1.75 bits per heavy atom. The van der Waals surface area contributed by atoms with Crippen molar-refractivity contribution in [1.29, 1.82) is 0 Å². The lowest BCUT2D eigenvalue weighted by Gasteiger charge is -2.30. The van der Waals surface area contributed by atoms with E-state index >= 15 is 0 Å². The molecule has 1 aliphatic heterocycles. The molecule has 3 aromatic rings. The van der Waals surface area contributed by atoms with E-state index < -0.39 is 40.2 Å². The third-order valence-electron chi connectivity index (χ3n) is 6.13. The molecule has 0 aromatic heterocycles. The van der Waals surface area contributed by atoms with Gasteiger partial charge in [0, 0.05) is 17.8 Å². The zero-order valence-corrected chi connectivity index (χ0v) is 20.3. The van der Waals surface area contributed by atoms with Gasteiger partial charge in [-0.1, -0.05) is 24.3 Å². The van der Waals surface area contributed by atoms with Crippen LogP contribution in [-0.2, 0) is 21.4 Å². The predicted molar refractivity (Wildman–Crippen MR) is 129 cm³/mol. The van der Waals surface area contributed by atoms with Crippen molar-refractivity contribution in [3.05, 3.63) is 89.2 Å². The average Bonchev–Trinajstić information content (AvgIpc) is 3.07. The lowest BCUT2D eigenvalue weighted by Crippen LogP contribution is -2.53. The number of anilines is 1. The van der Waals surface area contributed by atoms with Crippen LogP contribution in [0.25, 0.3) is 0 Å². The predicted octanol–water partition coefficient (Wildman–Crippen LogP) is 2.87. The van der Waals surface area contributed by atoms with Gasteiger partial charge in [-0.15, -0.1) is 0 Å². The first-order chi connectivity index (χ1) is 17.2. The van der Waals surface area contributed by atoms with Crippen LogP contribution in [0.4, 0.5) is 10.1 Å². The topological polar surface area (TPSA) is 116 Å². The fourth-order valence-electron chi connectivity index (χ4n) is 4.15. The van der Waals surface area contributed by atoms with Gasteiger partial charge in [0.1, 0.15) is 17.6 Å². The highest BCUT2D eigenvalue weighted by atomic mass is 32.2. The Kier molecular flexibility index (Phi) is 7.07. The van der Waals surface area contributed by atoms with E-state index in [0.29, 0.717) is 17.0 Å². The summed E-state index contributed by atoms with van der Waals surface area (Å²) in [5.41, 5.74) is 2.53. The van der Waals surface area contributed by atoms with Gasteiger partial charge < -0.3 is 9.64 Å². The van der Waals surface area contributed by atoms with Gasteiger partial charge in [-0.2, -0.15) is 4.31 Å². The number of carbonyl (C=O) groups is 2. The van der Waals surface area contributed by atoms with Crippen LogP contribution in [0.3, 0.4) is 0 Å². The van der Waals surface area contributed by atoms with E-state index in [1.165, 1.54) is 66.9 Å². The number of nitrogens with zero attached hydrogens (tertiary/aromatic N) is 2. The molecule has 188 valence electrons. The number of sulfonamides is 1. The maximum absolute atomic E-state index is 14.2. The number of fused-ring (bicyclic) bond motifs is 1. The molecule has 3 aromatic carbocycles. The number of rotatable bonds is 5. The summed E-state index contributed by atoms with van der Waals surface area (Å²) in [7, 11) is -2.83. The quantitative estimate of drug-likeness (QED) is 0.400. The minimum Gasteiger partial charge on any atom is -0.497 e. The second-order valence-electron chi connectivity index (χ2n) is 8.17. The van der Waals surface area contributed by atoms with E-state index in [-0.39, 0.29) is 22.6 Å². The number of hydrogen-bond acceptors (Lipinski definition) is 6. The maximum atomic E-state index is 14.2. The van der Waals surface area contributed by atoms with E-state index in [1.54, 1.807) is 24.3 Å². The molecule has 0 saturated carbocycles. The van der Waals surface area contributed by atoms with Crippen LogP contribution in [0.5, 0.6) is 5.75 Å². The second-order valence-corrected chi connectivity index (χ2v) is 10.1. The monoisotopic (exact) mass is 513 g/mol. The van der Waals surface area contributed by atoms with Crippen LogP contribution < -0.4 is 15.1 Å². The SMILES string of the molecule is COc1ccc(S(=O)(=O)N2Cc3ccccc3N(C(=O)c3cccc(F)c3C)CC2C(=O)NO)cc1. The normalized spacial score (nSPS) is 16.1. The van der Waals surface area contributed by atoms with Crippen LogP contribution in [0, 0.1) is 12.7 Å². The number of para-hydroxylation sites is 1. The molecule has 2 N–H and O–H groups in total. The summed E-state index contributed by atoms with van der Waals surface area (Å²) in [6, 6.07) is 14.9. The molecule has 0 spiro atoms. The number of amides is 2. The number of hydroxylamine groups is 1. The number of halogens is 1. The number of hydrogen-bond donors (Lipinski definition) is 2. The van der Waals surface area contributed by atoms with Crippen molar-refractivity contribution in [2.45, 2.75) is 24.4 Å². The van der Waals surface area contributed by atoms with Crippen molar-refractivity contribution in [2.24, 2.45) is 0 Å². The summed E-state index contributed by atoms with van der Waals surface area (Å²) in [5, 5.41) is 9.45. The van der Waals surface area contributed by atoms with Gasteiger partial charge >= 0.3 is 0 Å². The highest BCUT2D eigenvalue weighted by molar-refractivity contribution is 7.89. The molecule has 1 aliphatic rings. The summed E-state index contributed by atoms with van der Waals surface area (Å²) < 4.78 is 47.7. The average molecular weight is 514 g/mol. The summed E-state index contributed by atoms with van der Waals surface area (Å²) in [4.78, 5) is 27.6. The summed E-state index contributed by atoms with van der Waals surface area (Å²) in [5.74, 6) is -1.76. The molecule has 0 radical (unpaired) electrons. The van der Waals surface area contributed by atoms with Crippen molar-refractivity contribution >= 4 is 27.5 Å². The van der Waals surface area contributed by atoms with Gasteiger partial charge in [0.2, 0.25) is 10.0 Å². The Balaban J connectivity index is 1.85. The minimum atomic E-state index is -4.28. The molecule has 1 unspecified atom stereocenters. The van der Waals surface area contributed by atoms with Crippen LogP contribution >= 0.6 is 0 Å². The van der Waals surface area contributed by atoms with Crippen molar-refractivity contribution in [3.63, 3.8) is 0 Å². The highest BCUT2D eigenvalue weighted by Gasteiger charge is 2.41. The molecule has 36 heavy (non-hydrogen) atoms. The zero-order chi connectivity index (χ0) is 26.0. The van der Waals surface area contributed by atoms with Crippen molar-refractivity contribution in [3.8, 4) is 5.75 Å². The lowest BCUT2D eigenvalue weighted by atomic mass is 10.1. The zero-order valence-electron chi connectivity index (χ0n) is 19.5.